The van der Waals surface area contributed by atoms with E-state index in [1.807, 2.05) is 35.8 Å². The molecule has 0 saturated carbocycles. The number of amides is 1. The minimum absolute atomic E-state index is 0.0565. The maximum absolute atomic E-state index is 12.4. The number of hydrazone groups is 1. The number of hydrogen-bond acceptors (Lipinski definition) is 6. The highest BCUT2D eigenvalue weighted by Crippen LogP contribution is 2.30. The summed E-state index contributed by atoms with van der Waals surface area (Å²) in [4.78, 5) is 12.4. The zero-order valence-corrected chi connectivity index (χ0v) is 21.6. The lowest BCUT2D eigenvalue weighted by Gasteiger charge is -2.19. The number of hydrogen-bond donors (Lipinski definition) is 2. The van der Waals surface area contributed by atoms with Crippen LogP contribution in [0.25, 0.3) is 17.1 Å². The van der Waals surface area contributed by atoms with Gasteiger partial charge in [0.1, 0.15) is 5.75 Å². The van der Waals surface area contributed by atoms with Crippen molar-refractivity contribution in [3.8, 4) is 22.8 Å². The van der Waals surface area contributed by atoms with Gasteiger partial charge in [-0.3, -0.25) is 9.36 Å². The third-order valence-corrected chi connectivity index (χ3v) is 6.47. The first-order chi connectivity index (χ1) is 17.2. The monoisotopic (exact) mass is 499 g/mol. The molecule has 0 fully saturated rings. The molecule has 4 aromatic rings. The topological polar surface area (TPSA) is 92.4 Å². The Bertz CT molecular complexity index is 1370. The van der Waals surface area contributed by atoms with Crippen LogP contribution in [0.1, 0.15) is 37.5 Å². The summed E-state index contributed by atoms with van der Waals surface area (Å²) in [5.74, 6) is 0.694. The Kier molecular flexibility index (Phi) is 7.55. The second-order valence-electron chi connectivity index (χ2n) is 9.48. The molecular weight excluding hydrogens is 470 g/mol. The van der Waals surface area contributed by atoms with Crippen LogP contribution >= 0.6 is 11.8 Å². The maximum Gasteiger partial charge on any atom is 0.250 e. The average Bonchev–Trinajstić information content (AvgIpc) is 3.27. The van der Waals surface area contributed by atoms with Crippen molar-refractivity contribution in [1.82, 2.24) is 20.2 Å². The van der Waals surface area contributed by atoms with Crippen LogP contribution in [0.15, 0.2) is 83.1 Å². The molecule has 4 rings (SSSR count). The third-order valence-electron chi connectivity index (χ3n) is 5.54. The maximum atomic E-state index is 12.4. The highest BCUT2D eigenvalue weighted by Gasteiger charge is 2.19. The highest BCUT2D eigenvalue weighted by atomic mass is 32.2. The lowest BCUT2D eigenvalue weighted by atomic mass is 9.87. The van der Waals surface area contributed by atoms with Crippen LogP contribution < -0.4 is 5.43 Å². The molecule has 0 bridgehead atoms. The normalized spacial score (nSPS) is 11.7. The van der Waals surface area contributed by atoms with Crippen LogP contribution in [0.2, 0.25) is 0 Å². The van der Waals surface area contributed by atoms with E-state index in [1.165, 1.54) is 23.5 Å². The van der Waals surface area contributed by atoms with Crippen LogP contribution in [-0.4, -0.2) is 37.7 Å². The molecule has 0 spiro atoms. The van der Waals surface area contributed by atoms with Crippen LogP contribution in [0, 0.1) is 6.92 Å². The third kappa shape index (κ3) is 6.20. The zero-order valence-electron chi connectivity index (χ0n) is 20.8. The van der Waals surface area contributed by atoms with Gasteiger partial charge in [-0.15, -0.1) is 10.2 Å². The van der Waals surface area contributed by atoms with Gasteiger partial charge in [0.05, 0.1) is 12.0 Å². The zero-order chi connectivity index (χ0) is 25.7. The molecule has 0 aliphatic rings. The number of phenols is 1. The van der Waals surface area contributed by atoms with Gasteiger partial charge in [-0.2, -0.15) is 5.10 Å². The van der Waals surface area contributed by atoms with Crippen molar-refractivity contribution in [2.24, 2.45) is 5.10 Å². The number of rotatable bonds is 7. The molecule has 0 atom stereocenters. The van der Waals surface area contributed by atoms with Gasteiger partial charge in [-0.05, 0) is 47.7 Å². The first-order valence-corrected chi connectivity index (χ1v) is 12.6. The molecule has 0 aliphatic carbocycles. The van der Waals surface area contributed by atoms with E-state index in [0.29, 0.717) is 16.5 Å². The number of thioether (sulfide) groups is 1. The summed E-state index contributed by atoms with van der Waals surface area (Å²) < 4.78 is 1.97. The number of phenolic OH excluding ortho intramolecular Hbond substituents is 1. The molecule has 1 aromatic heterocycles. The summed E-state index contributed by atoms with van der Waals surface area (Å²) in [6.45, 7) is 8.60. The van der Waals surface area contributed by atoms with Gasteiger partial charge in [-0.25, -0.2) is 5.43 Å². The van der Waals surface area contributed by atoms with Crippen molar-refractivity contribution >= 4 is 23.9 Å². The van der Waals surface area contributed by atoms with Crippen LogP contribution in [0.5, 0.6) is 5.75 Å². The summed E-state index contributed by atoms with van der Waals surface area (Å²) in [5.41, 5.74) is 7.52. The Morgan fingerprint density at radius 2 is 1.78 bits per heavy atom. The second-order valence-corrected chi connectivity index (χ2v) is 10.4. The van der Waals surface area contributed by atoms with Crippen LogP contribution in [0.3, 0.4) is 0 Å². The van der Waals surface area contributed by atoms with Gasteiger partial charge >= 0.3 is 0 Å². The van der Waals surface area contributed by atoms with Gasteiger partial charge in [0, 0.05) is 11.3 Å². The van der Waals surface area contributed by atoms with Crippen molar-refractivity contribution in [3.63, 3.8) is 0 Å². The number of aromatic nitrogens is 3. The summed E-state index contributed by atoms with van der Waals surface area (Å²) in [6.07, 6.45) is 1.48. The fourth-order valence-corrected chi connectivity index (χ4v) is 4.29. The number of nitrogens with one attached hydrogen (secondary N) is 1. The van der Waals surface area contributed by atoms with Crippen LogP contribution in [-0.2, 0) is 10.2 Å². The van der Waals surface area contributed by atoms with E-state index < -0.39 is 0 Å². The minimum atomic E-state index is -0.272. The van der Waals surface area contributed by atoms with Crippen molar-refractivity contribution in [2.75, 3.05) is 5.75 Å². The fraction of sp³-hybridized carbons (Fsp3) is 0.214. The molecule has 0 saturated heterocycles. The smallest absolute Gasteiger partial charge is 0.250 e. The summed E-state index contributed by atoms with van der Waals surface area (Å²) in [6, 6.07) is 23.1. The standard InChI is InChI=1S/C28H29N5O2S/c1-19-8-14-23(15-9-19)33-26(21-10-12-22(13-11-21)28(2,3)4)31-32-27(33)36-18-25(35)30-29-17-20-6-5-7-24(34)16-20/h5-17,34H,18H2,1-4H3,(H,30,35). The van der Waals surface area contributed by atoms with Gasteiger partial charge in [0.2, 0.25) is 0 Å². The van der Waals surface area contributed by atoms with Gasteiger partial charge < -0.3 is 5.11 Å². The lowest BCUT2D eigenvalue weighted by Crippen LogP contribution is -2.20. The number of carbonyl (C=O) groups is 1. The fourth-order valence-electron chi connectivity index (χ4n) is 3.54. The van der Waals surface area contributed by atoms with Crippen LogP contribution in [0.4, 0.5) is 0 Å². The predicted molar refractivity (Wildman–Crippen MR) is 145 cm³/mol. The molecule has 0 unspecified atom stereocenters. The van der Waals surface area contributed by atoms with E-state index >= 15 is 0 Å². The van der Waals surface area contributed by atoms with E-state index in [2.05, 4.69) is 65.8 Å². The Balaban J connectivity index is 1.54. The van der Waals surface area contributed by atoms with Crippen molar-refractivity contribution < 1.29 is 9.90 Å². The molecule has 1 amide bonds. The molecule has 1 heterocycles. The Morgan fingerprint density at radius 1 is 1.06 bits per heavy atom. The molecule has 7 nitrogen and oxygen atoms in total. The molecule has 184 valence electrons. The van der Waals surface area contributed by atoms with E-state index in [0.717, 1.165) is 16.8 Å². The summed E-state index contributed by atoms with van der Waals surface area (Å²) in [5, 5.41) is 23.0. The Hall–Kier alpha value is -3.91. The van der Waals surface area contributed by atoms with Gasteiger partial charge in [0.15, 0.2) is 11.0 Å². The summed E-state index contributed by atoms with van der Waals surface area (Å²) >= 11 is 1.29. The average molecular weight is 500 g/mol. The molecule has 0 radical (unpaired) electrons. The molecule has 3 aromatic carbocycles. The summed E-state index contributed by atoms with van der Waals surface area (Å²) in [7, 11) is 0. The number of carbonyl (C=O) groups excluding carboxylic acids is 1. The lowest BCUT2D eigenvalue weighted by molar-refractivity contribution is -0.118. The second kappa shape index (κ2) is 10.8. The first-order valence-electron chi connectivity index (χ1n) is 11.6. The molecule has 0 aliphatic heterocycles. The van der Waals surface area contributed by atoms with E-state index in [4.69, 9.17) is 0 Å². The van der Waals surface area contributed by atoms with Gasteiger partial charge in [-0.1, -0.05) is 86.6 Å². The first kappa shape index (κ1) is 25.2. The molecule has 36 heavy (non-hydrogen) atoms. The number of aromatic hydroxyl groups is 1. The quantitative estimate of drug-likeness (QED) is 0.199. The number of aryl methyl sites for hydroxylation is 1. The van der Waals surface area contributed by atoms with E-state index in [1.54, 1.807) is 24.3 Å². The van der Waals surface area contributed by atoms with Crippen molar-refractivity contribution in [2.45, 2.75) is 38.3 Å². The van der Waals surface area contributed by atoms with Crippen molar-refractivity contribution in [1.29, 1.82) is 0 Å². The SMILES string of the molecule is Cc1ccc(-n2c(SCC(=O)NN=Cc3cccc(O)c3)nnc2-c2ccc(C(C)(C)C)cc2)cc1. The number of nitrogens with zero attached hydrogens (tertiary/aromatic N) is 4. The predicted octanol–water partition coefficient (Wildman–Crippen LogP) is 5.49. The Morgan fingerprint density at radius 3 is 2.44 bits per heavy atom. The Labute approximate surface area is 215 Å². The van der Waals surface area contributed by atoms with Gasteiger partial charge in [0.25, 0.3) is 5.91 Å². The highest BCUT2D eigenvalue weighted by molar-refractivity contribution is 7.99. The molecule has 2 N–H and O–H groups in total. The largest absolute Gasteiger partial charge is 0.508 e. The van der Waals surface area contributed by atoms with Crippen molar-refractivity contribution in [3.05, 3.63) is 89.5 Å². The molecule has 8 heteroatoms. The molecular formula is C28H29N5O2S. The minimum Gasteiger partial charge on any atom is -0.508 e. The van der Waals surface area contributed by atoms with E-state index in [-0.39, 0.29) is 22.8 Å². The number of benzene rings is 3. The van der Waals surface area contributed by atoms with E-state index in [9.17, 15) is 9.90 Å².